The second-order valence-electron chi connectivity index (χ2n) is 11.2. The first-order chi connectivity index (χ1) is 14.7. The third-order valence-corrected chi connectivity index (χ3v) is 10.5. The molecule has 0 N–H and O–H groups in total. The maximum absolute atomic E-state index is 13.4. The largest absolute Gasteiger partial charge is 0.469 e. The number of esters is 2. The number of allylic oxidation sites excluding steroid dienone is 2. The van der Waals surface area contributed by atoms with Gasteiger partial charge in [-0.2, -0.15) is 0 Å². The van der Waals surface area contributed by atoms with Gasteiger partial charge in [-0.1, -0.05) is 12.2 Å². The summed E-state index contributed by atoms with van der Waals surface area (Å²) in [5.74, 6) is 5.50. The van der Waals surface area contributed by atoms with Gasteiger partial charge in [0.05, 0.1) is 25.6 Å². The summed E-state index contributed by atoms with van der Waals surface area (Å²) in [6, 6.07) is 0. The molecule has 7 aliphatic rings. The molecule has 30 heavy (non-hydrogen) atoms. The van der Waals surface area contributed by atoms with Gasteiger partial charge in [-0.05, 0) is 91.3 Å². The number of fused-ring (bicyclic) bond motifs is 16. The highest BCUT2D eigenvalue weighted by atomic mass is 16.7. The van der Waals surface area contributed by atoms with Crippen LogP contribution >= 0.6 is 0 Å². The van der Waals surface area contributed by atoms with Crippen LogP contribution in [0.4, 0.5) is 0 Å². The van der Waals surface area contributed by atoms with Crippen LogP contribution in [0.3, 0.4) is 0 Å². The summed E-state index contributed by atoms with van der Waals surface area (Å²) in [4.78, 5) is 26.3. The summed E-state index contributed by atoms with van der Waals surface area (Å²) in [5, 5.41) is 0. The molecular formula is C25H32O5. The molecule has 5 heteroatoms. The van der Waals surface area contributed by atoms with Gasteiger partial charge >= 0.3 is 11.9 Å². The lowest BCUT2D eigenvalue weighted by Gasteiger charge is -2.47. The zero-order valence-corrected chi connectivity index (χ0v) is 17.7. The van der Waals surface area contributed by atoms with E-state index in [1.54, 1.807) is 0 Å². The topological polar surface area (TPSA) is 61.8 Å². The number of carbonyl (C=O) groups excluding carboxylic acids is 2. The molecule has 0 aromatic carbocycles. The molecule has 0 amide bonds. The minimum Gasteiger partial charge on any atom is -0.469 e. The van der Waals surface area contributed by atoms with Gasteiger partial charge in [0.2, 0.25) is 6.29 Å². The average Bonchev–Trinajstić information content (AvgIpc) is 3.57. The van der Waals surface area contributed by atoms with Gasteiger partial charge in [0.25, 0.3) is 0 Å². The molecule has 13 unspecified atom stereocenters. The monoisotopic (exact) mass is 412 g/mol. The zero-order valence-electron chi connectivity index (χ0n) is 17.7. The minimum atomic E-state index is -0.431. The predicted octanol–water partition coefficient (Wildman–Crippen LogP) is 3.43. The molecule has 1 aliphatic heterocycles. The highest BCUT2D eigenvalue weighted by molar-refractivity contribution is 5.84. The van der Waals surface area contributed by atoms with Crippen molar-refractivity contribution in [3.05, 3.63) is 12.2 Å². The SMILES string of the molecule is COC(=O)C1C2CC(C1C(=O)OC1CCCCO1)C1C3CC(C4C5C=CC(C5)C34)C21. The highest BCUT2D eigenvalue weighted by Gasteiger charge is 2.74. The lowest BCUT2D eigenvalue weighted by Crippen LogP contribution is -2.49. The lowest BCUT2D eigenvalue weighted by molar-refractivity contribution is -0.198. The van der Waals surface area contributed by atoms with Crippen LogP contribution in [0, 0.1) is 71.0 Å². The van der Waals surface area contributed by atoms with Gasteiger partial charge in [-0.15, -0.1) is 0 Å². The van der Waals surface area contributed by atoms with Crippen LogP contribution in [-0.4, -0.2) is 31.9 Å². The Hall–Kier alpha value is -1.36. The second kappa shape index (κ2) is 6.34. The van der Waals surface area contributed by atoms with Crippen LogP contribution < -0.4 is 0 Å². The molecule has 0 spiro atoms. The van der Waals surface area contributed by atoms with Crippen LogP contribution in [0.25, 0.3) is 0 Å². The summed E-state index contributed by atoms with van der Waals surface area (Å²) < 4.78 is 16.7. The van der Waals surface area contributed by atoms with Crippen molar-refractivity contribution in [1.82, 2.24) is 0 Å². The van der Waals surface area contributed by atoms with Gasteiger partial charge < -0.3 is 14.2 Å². The van der Waals surface area contributed by atoms with Crippen LogP contribution in [0.1, 0.15) is 38.5 Å². The summed E-state index contributed by atoms with van der Waals surface area (Å²) >= 11 is 0. The third-order valence-electron chi connectivity index (χ3n) is 10.5. The van der Waals surface area contributed by atoms with Crippen molar-refractivity contribution in [2.45, 2.75) is 44.8 Å². The molecule has 0 radical (unpaired) electrons. The Morgan fingerprint density at radius 2 is 1.43 bits per heavy atom. The molecule has 6 fully saturated rings. The zero-order chi connectivity index (χ0) is 20.1. The van der Waals surface area contributed by atoms with Gasteiger partial charge in [-0.25, -0.2) is 0 Å². The second-order valence-corrected chi connectivity index (χ2v) is 11.2. The van der Waals surface area contributed by atoms with E-state index in [1.807, 2.05) is 0 Å². The van der Waals surface area contributed by atoms with Gasteiger partial charge in [-0.3, -0.25) is 9.59 Å². The summed E-state index contributed by atoms with van der Waals surface area (Å²) in [6.07, 6.45) is 11.0. The van der Waals surface area contributed by atoms with Crippen molar-refractivity contribution in [3.63, 3.8) is 0 Å². The Morgan fingerprint density at radius 3 is 2.03 bits per heavy atom. The van der Waals surface area contributed by atoms with Crippen LogP contribution in [-0.2, 0) is 23.8 Å². The van der Waals surface area contributed by atoms with E-state index < -0.39 is 6.29 Å². The van der Waals surface area contributed by atoms with Crippen molar-refractivity contribution in [1.29, 1.82) is 0 Å². The van der Waals surface area contributed by atoms with Gasteiger partial charge in [0.1, 0.15) is 0 Å². The number of rotatable bonds is 3. The van der Waals surface area contributed by atoms with E-state index in [9.17, 15) is 9.59 Å². The first kappa shape index (κ1) is 18.2. The maximum Gasteiger partial charge on any atom is 0.312 e. The fourth-order valence-corrected chi connectivity index (χ4v) is 10.1. The van der Waals surface area contributed by atoms with E-state index in [4.69, 9.17) is 14.2 Å². The molecule has 5 saturated carbocycles. The Kier molecular flexibility index (Phi) is 3.85. The molecule has 13 atom stereocenters. The van der Waals surface area contributed by atoms with E-state index in [-0.39, 0.29) is 23.8 Å². The van der Waals surface area contributed by atoms with Crippen LogP contribution in [0.5, 0.6) is 0 Å². The normalized spacial score (nSPS) is 56.2. The number of hydrogen-bond acceptors (Lipinski definition) is 5. The molecule has 6 aliphatic carbocycles. The lowest BCUT2D eigenvalue weighted by atomic mass is 9.57. The first-order valence-electron chi connectivity index (χ1n) is 12.3. The van der Waals surface area contributed by atoms with Gasteiger partial charge in [0, 0.05) is 6.42 Å². The quantitative estimate of drug-likeness (QED) is 0.404. The Labute approximate surface area is 177 Å². The van der Waals surface area contributed by atoms with Crippen molar-refractivity contribution in [2.24, 2.45) is 71.0 Å². The molecule has 1 saturated heterocycles. The van der Waals surface area contributed by atoms with Gasteiger partial charge in [0.15, 0.2) is 0 Å². The highest BCUT2D eigenvalue weighted by Crippen LogP contribution is 2.77. The van der Waals surface area contributed by atoms with Crippen LogP contribution in [0.15, 0.2) is 12.2 Å². The number of ether oxygens (including phenoxy) is 3. The number of methoxy groups -OCH3 is 1. The summed E-state index contributed by atoms with van der Waals surface area (Å²) in [7, 11) is 1.47. The van der Waals surface area contributed by atoms with Crippen molar-refractivity contribution >= 4 is 11.9 Å². The molecule has 6 bridgehead atoms. The summed E-state index contributed by atoms with van der Waals surface area (Å²) in [6.45, 7) is 0.655. The third kappa shape index (κ3) is 2.18. The van der Waals surface area contributed by atoms with E-state index in [0.29, 0.717) is 30.3 Å². The fourth-order valence-electron chi connectivity index (χ4n) is 10.1. The smallest absolute Gasteiger partial charge is 0.312 e. The average molecular weight is 413 g/mol. The fraction of sp³-hybridized carbons (Fsp3) is 0.840. The molecule has 5 nitrogen and oxygen atoms in total. The minimum absolute atomic E-state index is 0.195. The van der Waals surface area contributed by atoms with Crippen molar-refractivity contribution in [2.75, 3.05) is 13.7 Å². The van der Waals surface area contributed by atoms with E-state index in [0.717, 1.165) is 61.2 Å². The molecule has 162 valence electrons. The Bertz CT molecular complexity index is 799. The molecule has 7 rings (SSSR count). The maximum atomic E-state index is 13.4. The van der Waals surface area contributed by atoms with Crippen molar-refractivity contribution < 1.29 is 23.8 Å². The Morgan fingerprint density at radius 1 is 0.800 bits per heavy atom. The molecule has 0 aromatic heterocycles. The Balaban J connectivity index is 1.19. The first-order valence-corrected chi connectivity index (χ1v) is 12.3. The van der Waals surface area contributed by atoms with E-state index in [2.05, 4.69) is 12.2 Å². The van der Waals surface area contributed by atoms with Crippen LogP contribution in [0.2, 0.25) is 0 Å². The molecule has 1 heterocycles. The van der Waals surface area contributed by atoms with Crippen molar-refractivity contribution in [3.8, 4) is 0 Å². The number of hydrogen-bond donors (Lipinski definition) is 0. The summed E-state index contributed by atoms with van der Waals surface area (Å²) in [5.41, 5.74) is 0. The van der Waals surface area contributed by atoms with E-state index in [1.165, 1.54) is 20.0 Å². The molecular weight excluding hydrogens is 380 g/mol. The van der Waals surface area contributed by atoms with E-state index >= 15 is 0 Å². The molecule has 0 aromatic rings. The standard InChI is InChI=1S/C25H32O5/c1-28-24(26)22-15-10-16(23(22)25(27)30-17-4-2-3-7-29-17)21-14-9-13(20(15)21)18-11-5-6-12(8-11)19(14)18/h5-6,11-23H,2-4,7-10H2,1H3. The number of carbonyl (C=O) groups is 2. The predicted molar refractivity (Wildman–Crippen MR) is 107 cm³/mol.